The lowest BCUT2D eigenvalue weighted by atomic mass is 10.1. The minimum atomic E-state index is -0.0945. The minimum Gasteiger partial charge on any atom is -0.383 e. The Kier molecular flexibility index (Phi) is 7.46. The van der Waals surface area contributed by atoms with Gasteiger partial charge in [0.1, 0.15) is 0 Å². The molecule has 0 unspecified atom stereocenters. The van der Waals surface area contributed by atoms with Crippen molar-refractivity contribution >= 4 is 17.5 Å². The highest BCUT2D eigenvalue weighted by Gasteiger charge is 2.11. The number of aryl methyl sites for hydroxylation is 1. The molecule has 0 saturated heterocycles. The molecule has 0 aliphatic heterocycles. The van der Waals surface area contributed by atoms with Gasteiger partial charge in [-0.2, -0.15) is 0 Å². The number of anilines is 1. The molecular weight excluding hydrogens is 268 g/mol. The number of ether oxygens (including phenoxy) is 1. The van der Waals surface area contributed by atoms with Crippen LogP contribution < -0.4 is 5.32 Å². The Morgan fingerprint density at radius 3 is 2.38 bits per heavy atom. The lowest BCUT2D eigenvalue weighted by Gasteiger charge is -2.20. The van der Waals surface area contributed by atoms with Crippen molar-refractivity contribution in [2.24, 2.45) is 0 Å². The zero-order valence-corrected chi connectivity index (χ0v) is 13.0. The summed E-state index contributed by atoms with van der Waals surface area (Å²) in [7, 11) is 1.59. The van der Waals surface area contributed by atoms with Crippen LogP contribution in [0.1, 0.15) is 25.8 Å². The predicted octanol–water partition coefficient (Wildman–Crippen LogP) is 2.07. The van der Waals surface area contributed by atoms with E-state index in [1.807, 2.05) is 24.3 Å². The molecule has 1 rings (SSSR count). The Morgan fingerprint density at radius 2 is 1.86 bits per heavy atom. The maximum Gasteiger partial charge on any atom is 0.226 e. The highest BCUT2D eigenvalue weighted by molar-refractivity contribution is 5.91. The largest absolute Gasteiger partial charge is 0.383 e. The molecule has 0 fully saturated rings. The number of carbonyl (C=O) groups is 2. The Hall–Kier alpha value is -1.88. The van der Waals surface area contributed by atoms with Crippen molar-refractivity contribution in [1.82, 2.24) is 4.90 Å². The van der Waals surface area contributed by atoms with E-state index in [4.69, 9.17) is 4.74 Å². The van der Waals surface area contributed by atoms with Gasteiger partial charge in [-0.25, -0.2) is 0 Å². The first-order chi connectivity index (χ1) is 10.1. The number of rotatable bonds is 8. The molecule has 0 radical (unpaired) electrons. The van der Waals surface area contributed by atoms with Gasteiger partial charge in [0.05, 0.1) is 6.61 Å². The minimum absolute atomic E-state index is 0.0489. The molecule has 0 aliphatic carbocycles. The van der Waals surface area contributed by atoms with Crippen molar-refractivity contribution in [2.75, 3.05) is 32.1 Å². The number of methoxy groups -OCH3 is 1. The van der Waals surface area contributed by atoms with E-state index in [0.717, 1.165) is 12.1 Å². The summed E-state index contributed by atoms with van der Waals surface area (Å²) in [6, 6.07) is 7.78. The molecule has 1 aromatic carbocycles. The van der Waals surface area contributed by atoms with Gasteiger partial charge in [0.25, 0.3) is 0 Å². The molecular formula is C16H24N2O3. The highest BCUT2D eigenvalue weighted by Crippen LogP contribution is 2.10. The first-order valence-electron chi connectivity index (χ1n) is 7.20. The maximum atomic E-state index is 11.9. The fraction of sp³-hybridized carbons (Fsp3) is 0.500. The first-order valence-corrected chi connectivity index (χ1v) is 7.20. The van der Waals surface area contributed by atoms with E-state index in [-0.39, 0.29) is 18.2 Å². The standard InChI is InChI=1S/C16H24N2O3/c1-4-14-5-7-15(8-6-14)17-16(20)9-10-18(13(2)19)11-12-21-3/h5-8H,4,9-12H2,1-3H3,(H,17,20). The first kappa shape index (κ1) is 17.2. The molecule has 1 aromatic rings. The van der Waals surface area contributed by atoms with E-state index in [9.17, 15) is 9.59 Å². The summed E-state index contributed by atoms with van der Waals surface area (Å²) in [4.78, 5) is 24.9. The van der Waals surface area contributed by atoms with E-state index >= 15 is 0 Å². The molecule has 116 valence electrons. The number of nitrogens with zero attached hydrogens (tertiary/aromatic N) is 1. The third-order valence-corrected chi connectivity index (χ3v) is 3.27. The molecule has 0 atom stereocenters. The summed E-state index contributed by atoms with van der Waals surface area (Å²) in [6.45, 7) is 4.96. The molecule has 0 bridgehead atoms. The van der Waals surface area contributed by atoms with Crippen LogP contribution >= 0.6 is 0 Å². The predicted molar refractivity (Wildman–Crippen MR) is 83.2 cm³/mol. The number of hydrogen-bond acceptors (Lipinski definition) is 3. The smallest absolute Gasteiger partial charge is 0.226 e. The number of nitrogens with one attached hydrogen (secondary N) is 1. The highest BCUT2D eigenvalue weighted by atomic mass is 16.5. The fourth-order valence-corrected chi connectivity index (χ4v) is 1.91. The van der Waals surface area contributed by atoms with Gasteiger partial charge in [-0.3, -0.25) is 9.59 Å². The van der Waals surface area contributed by atoms with Crippen LogP contribution in [0.4, 0.5) is 5.69 Å². The van der Waals surface area contributed by atoms with Crippen molar-refractivity contribution in [3.8, 4) is 0 Å². The number of amides is 2. The van der Waals surface area contributed by atoms with Crippen molar-refractivity contribution < 1.29 is 14.3 Å². The molecule has 5 heteroatoms. The topological polar surface area (TPSA) is 58.6 Å². The van der Waals surface area contributed by atoms with Crippen LogP contribution in [0.15, 0.2) is 24.3 Å². The van der Waals surface area contributed by atoms with Crippen LogP contribution in [0.5, 0.6) is 0 Å². The summed E-state index contributed by atoms with van der Waals surface area (Å²) >= 11 is 0. The van der Waals surface area contributed by atoms with Gasteiger partial charge in [-0.05, 0) is 24.1 Å². The van der Waals surface area contributed by atoms with Crippen molar-refractivity contribution in [3.05, 3.63) is 29.8 Å². The average Bonchev–Trinajstić information content (AvgIpc) is 2.47. The summed E-state index contributed by atoms with van der Waals surface area (Å²) in [5, 5.41) is 2.84. The molecule has 21 heavy (non-hydrogen) atoms. The third-order valence-electron chi connectivity index (χ3n) is 3.27. The van der Waals surface area contributed by atoms with Crippen molar-refractivity contribution in [1.29, 1.82) is 0 Å². The summed E-state index contributed by atoms with van der Waals surface area (Å²) in [6.07, 6.45) is 1.25. The van der Waals surface area contributed by atoms with Gasteiger partial charge < -0.3 is 15.0 Å². The Bertz CT molecular complexity index is 457. The van der Waals surface area contributed by atoms with Gasteiger partial charge in [0.2, 0.25) is 11.8 Å². The van der Waals surface area contributed by atoms with Crippen LogP contribution in [0.3, 0.4) is 0 Å². The lowest BCUT2D eigenvalue weighted by Crippen LogP contribution is -2.34. The Labute approximate surface area is 126 Å². The van der Waals surface area contributed by atoms with Crippen LogP contribution in [0.2, 0.25) is 0 Å². The van der Waals surface area contributed by atoms with E-state index < -0.39 is 0 Å². The van der Waals surface area contributed by atoms with Crippen LogP contribution in [-0.4, -0.2) is 43.5 Å². The third kappa shape index (κ3) is 6.40. The van der Waals surface area contributed by atoms with E-state index in [1.54, 1.807) is 12.0 Å². The zero-order valence-electron chi connectivity index (χ0n) is 13.0. The summed E-state index contributed by atoms with van der Waals surface area (Å²) < 4.78 is 4.95. The summed E-state index contributed by atoms with van der Waals surface area (Å²) in [5.41, 5.74) is 2.01. The molecule has 0 aliphatic rings. The lowest BCUT2D eigenvalue weighted by molar-refractivity contribution is -0.130. The van der Waals surface area contributed by atoms with Gasteiger partial charge in [-0.1, -0.05) is 19.1 Å². The second kappa shape index (κ2) is 9.13. The van der Waals surface area contributed by atoms with Crippen LogP contribution in [-0.2, 0) is 20.7 Å². The van der Waals surface area contributed by atoms with Crippen molar-refractivity contribution in [3.63, 3.8) is 0 Å². The van der Waals surface area contributed by atoms with E-state index in [0.29, 0.717) is 19.7 Å². The number of hydrogen-bond donors (Lipinski definition) is 1. The molecule has 0 saturated carbocycles. The van der Waals surface area contributed by atoms with Gasteiger partial charge in [0.15, 0.2) is 0 Å². The maximum absolute atomic E-state index is 11.9. The fourth-order valence-electron chi connectivity index (χ4n) is 1.91. The molecule has 0 spiro atoms. The average molecular weight is 292 g/mol. The van der Waals surface area contributed by atoms with Gasteiger partial charge in [0, 0.05) is 39.2 Å². The molecule has 0 aromatic heterocycles. The molecule has 5 nitrogen and oxygen atoms in total. The van der Waals surface area contributed by atoms with Gasteiger partial charge >= 0.3 is 0 Å². The second-order valence-electron chi connectivity index (χ2n) is 4.85. The van der Waals surface area contributed by atoms with Gasteiger partial charge in [-0.15, -0.1) is 0 Å². The van der Waals surface area contributed by atoms with E-state index in [2.05, 4.69) is 12.2 Å². The van der Waals surface area contributed by atoms with Crippen LogP contribution in [0, 0.1) is 0 Å². The summed E-state index contributed by atoms with van der Waals surface area (Å²) in [5.74, 6) is -0.143. The SMILES string of the molecule is CCc1ccc(NC(=O)CCN(CCOC)C(C)=O)cc1. The monoisotopic (exact) mass is 292 g/mol. The molecule has 1 N–H and O–H groups in total. The number of carbonyl (C=O) groups excluding carboxylic acids is 2. The van der Waals surface area contributed by atoms with E-state index in [1.165, 1.54) is 12.5 Å². The zero-order chi connectivity index (χ0) is 15.7. The normalized spacial score (nSPS) is 10.2. The van der Waals surface area contributed by atoms with Crippen molar-refractivity contribution in [2.45, 2.75) is 26.7 Å². The molecule has 0 heterocycles. The molecule has 2 amide bonds. The van der Waals surface area contributed by atoms with Crippen LogP contribution in [0.25, 0.3) is 0 Å². The quantitative estimate of drug-likeness (QED) is 0.798. The second-order valence-corrected chi connectivity index (χ2v) is 4.85. The number of benzene rings is 1. The Balaban J connectivity index is 2.42. The Morgan fingerprint density at radius 1 is 1.19 bits per heavy atom.